The summed E-state index contributed by atoms with van der Waals surface area (Å²) in [6.07, 6.45) is 1.68. The molecule has 8 nitrogen and oxygen atoms in total. The molecule has 3 N–H and O–H groups in total. The van der Waals surface area contributed by atoms with Crippen LogP contribution in [0.5, 0.6) is 0 Å². The Labute approximate surface area is 185 Å². The van der Waals surface area contributed by atoms with Crippen molar-refractivity contribution in [3.8, 4) is 0 Å². The molecule has 0 spiro atoms. The van der Waals surface area contributed by atoms with E-state index >= 15 is 0 Å². The van der Waals surface area contributed by atoms with Gasteiger partial charge in [0.15, 0.2) is 9.84 Å². The summed E-state index contributed by atoms with van der Waals surface area (Å²) in [5.74, 6) is -0.149. The Hall–Kier alpha value is -1.52. The molecule has 1 amide bonds. The third kappa shape index (κ3) is 5.28. The molecule has 31 heavy (non-hydrogen) atoms. The molecule has 1 heterocycles. The van der Waals surface area contributed by atoms with Gasteiger partial charge in [0.2, 0.25) is 0 Å². The molecular weight excluding hydrogens is 418 g/mol. The number of nitrogens with two attached hydrogens (primary N) is 1. The summed E-state index contributed by atoms with van der Waals surface area (Å²) in [5, 5.41) is 2.48. The van der Waals surface area contributed by atoms with Gasteiger partial charge in [0.1, 0.15) is 6.23 Å². The van der Waals surface area contributed by atoms with E-state index in [4.69, 9.17) is 15.2 Å². The molecule has 1 aliphatic carbocycles. The average Bonchev–Trinajstić information content (AvgIpc) is 2.98. The molecular formula is C22H35N3O5S. The zero-order chi connectivity index (χ0) is 22.5. The van der Waals surface area contributed by atoms with Crippen molar-refractivity contribution < 1.29 is 22.7 Å². The summed E-state index contributed by atoms with van der Waals surface area (Å²) in [5.41, 5.74) is 6.49. The van der Waals surface area contributed by atoms with Gasteiger partial charge in [-0.2, -0.15) is 0 Å². The highest BCUT2D eigenvalue weighted by molar-refractivity contribution is 7.92. The second-order valence-electron chi connectivity index (χ2n) is 8.41. The first-order valence-corrected chi connectivity index (χ1v) is 12.7. The average molecular weight is 454 g/mol. The Kier molecular flexibility index (Phi) is 8.09. The zero-order valence-corrected chi connectivity index (χ0v) is 19.3. The zero-order valence-electron chi connectivity index (χ0n) is 18.5. The van der Waals surface area contributed by atoms with Gasteiger partial charge in [-0.05, 0) is 31.4 Å². The fourth-order valence-electron chi connectivity index (χ4n) is 5.03. The van der Waals surface area contributed by atoms with E-state index in [0.717, 1.165) is 0 Å². The van der Waals surface area contributed by atoms with Crippen molar-refractivity contribution in [3.05, 3.63) is 35.9 Å². The lowest BCUT2D eigenvalue weighted by Gasteiger charge is -2.50. The molecule has 4 atom stereocenters. The van der Waals surface area contributed by atoms with Crippen LogP contribution in [0.3, 0.4) is 0 Å². The van der Waals surface area contributed by atoms with Gasteiger partial charge in [-0.1, -0.05) is 31.5 Å². The van der Waals surface area contributed by atoms with Crippen molar-refractivity contribution in [3.63, 3.8) is 0 Å². The molecule has 4 unspecified atom stereocenters. The number of carbonyl (C=O) groups excluding carboxylic acids is 1. The number of sulfone groups is 1. The molecule has 9 heteroatoms. The Morgan fingerprint density at radius 2 is 2.00 bits per heavy atom. The van der Waals surface area contributed by atoms with E-state index in [2.05, 4.69) is 10.2 Å². The van der Waals surface area contributed by atoms with Crippen LogP contribution in [0.25, 0.3) is 0 Å². The van der Waals surface area contributed by atoms with Crippen LogP contribution in [0.4, 0.5) is 0 Å². The van der Waals surface area contributed by atoms with Crippen LogP contribution in [0.2, 0.25) is 0 Å². The number of carbonyl (C=O) groups is 1. The van der Waals surface area contributed by atoms with E-state index in [9.17, 15) is 13.2 Å². The van der Waals surface area contributed by atoms with Gasteiger partial charge in [0, 0.05) is 37.6 Å². The normalized spacial score (nSPS) is 29.1. The van der Waals surface area contributed by atoms with Crippen LogP contribution >= 0.6 is 0 Å². The standard InChI is InChI=1S/C22H35N3O5S/c1-3-31(27,28)19-10-7-11-22(16-18(19)23,25-12-14-30-15-13-25)21(29-2)24-20(26)17-8-5-4-6-9-17/h4-6,8-9,18-19,21H,3,7,10-16,23H2,1-2H3,(H,24,26). The minimum atomic E-state index is -3.27. The van der Waals surface area contributed by atoms with Crippen LogP contribution in [0.1, 0.15) is 43.0 Å². The van der Waals surface area contributed by atoms with Gasteiger partial charge >= 0.3 is 0 Å². The molecule has 1 aromatic carbocycles. The second-order valence-corrected chi connectivity index (χ2v) is 10.9. The number of amides is 1. The lowest BCUT2D eigenvalue weighted by Crippen LogP contribution is -2.66. The predicted molar refractivity (Wildman–Crippen MR) is 120 cm³/mol. The molecule has 0 radical (unpaired) electrons. The van der Waals surface area contributed by atoms with Crippen molar-refractivity contribution in [1.29, 1.82) is 0 Å². The van der Waals surface area contributed by atoms with Gasteiger partial charge in [-0.15, -0.1) is 0 Å². The van der Waals surface area contributed by atoms with Crippen molar-refractivity contribution >= 4 is 15.7 Å². The van der Waals surface area contributed by atoms with Crippen LogP contribution in [0.15, 0.2) is 30.3 Å². The van der Waals surface area contributed by atoms with Crippen molar-refractivity contribution in [2.24, 2.45) is 5.73 Å². The molecule has 0 aromatic heterocycles. The van der Waals surface area contributed by atoms with Gasteiger partial charge in [0.05, 0.1) is 24.0 Å². The summed E-state index contributed by atoms with van der Waals surface area (Å²) in [6, 6.07) is 8.46. The number of morpholine rings is 1. The lowest BCUT2D eigenvalue weighted by molar-refractivity contribution is -0.107. The second kappa shape index (κ2) is 10.4. The highest BCUT2D eigenvalue weighted by Gasteiger charge is 2.50. The van der Waals surface area contributed by atoms with E-state index in [-0.39, 0.29) is 11.7 Å². The largest absolute Gasteiger partial charge is 0.379 e. The number of benzene rings is 1. The first-order valence-electron chi connectivity index (χ1n) is 11.0. The maximum absolute atomic E-state index is 13.0. The van der Waals surface area contributed by atoms with Gasteiger partial charge in [0.25, 0.3) is 5.91 Å². The minimum absolute atomic E-state index is 0.0777. The predicted octanol–water partition coefficient (Wildman–Crippen LogP) is 1.16. The lowest BCUT2D eigenvalue weighted by atomic mass is 9.84. The van der Waals surface area contributed by atoms with Crippen LogP contribution in [-0.4, -0.2) is 81.4 Å². The van der Waals surface area contributed by atoms with E-state index in [1.807, 2.05) is 18.2 Å². The smallest absolute Gasteiger partial charge is 0.253 e. The van der Waals surface area contributed by atoms with Crippen molar-refractivity contribution in [2.75, 3.05) is 39.2 Å². The van der Waals surface area contributed by atoms with Gasteiger partial charge < -0.3 is 20.5 Å². The van der Waals surface area contributed by atoms with Gasteiger partial charge in [-0.25, -0.2) is 8.42 Å². The summed E-state index contributed by atoms with van der Waals surface area (Å²) in [4.78, 5) is 15.2. The Morgan fingerprint density at radius 3 is 2.61 bits per heavy atom. The summed E-state index contributed by atoms with van der Waals surface area (Å²) in [7, 11) is -1.69. The Balaban J connectivity index is 1.93. The third-order valence-corrected chi connectivity index (χ3v) is 9.00. The minimum Gasteiger partial charge on any atom is -0.379 e. The Bertz CT molecular complexity index is 829. The van der Waals surface area contributed by atoms with E-state index in [1.165, 1.54) is 0 Å². The molecule has 2 aliphatic rings. The molecule has 1 saturated carbocycles. The number of hydrogen-bond acceptors (Lipinski definition) is 7. The third-order valence-electron chi connectivity index (χ3n) is 6.69. The topological polar surface area (TPSA) is 111 Å². The molecule has 174 valence electrons. The first kappa shape index (κ1) is 24.1. The fraction of sp³-hybridized carbons (Fsp3) is 0.682. The molecule has 0 bridgehead atoms. The number of hydrogen-bond donors (Lipinski definition) is 2. The molecule has 2 fully saturated rings. The van der Waals surface area contributed by atoms with Crippen molar-refractivity contribution in [2.45, 2.75) is 55.7 Å². The van der Waals surface area contributed by atoms with Crippen LogP contribution < -0.4 is 11.1 Å². The van der Waals surface area contributed by atoms with Crippen LogP contribution in [0, 0.1) is 0 Å². The molecule has 1 aromatic rings. The highest BCUT2D eigenvalue weighted by Crippen LogP contribution is 2.38. The fourth-order valence-corrected chi connectivity index (χ4v) is 6.61. The monoisotopic (exact) mass is 453 g/mol. The maximum Gasteiger partial charge on any atom is 0.253 e. The maximum atomic E-state index is 13.0. The summed E-state index contributed by atoms with van der Waals surface area (Å²) in [6.45, 7) is 4.19. The quantitative estimate of drug-likeness (QED) is 0.471. The Morgan fingerprint density at radius 1 is 1.32 bits per heavy atom. The summed E-state index contributed by atoms with van der Waals surface area (Å²) < 4.78 is 36.8. The number of methoxy groups -OCH3 is 1. The van der Waals surface area contributed by atoms with E-state index in [1.54, 1.807) is 26.2 Å². The number of ether oxygens (including phenoxy) is 2. The van der Waals surface area contributed by atoms with E-state index in [0.29, 0.717) is 57.6 Å². The molecule has 3 rings (SSSR count). The first-order chi connectivity index (χ1) is 14.8. The SMILES string of the molecule is CCS(=O)(=O)C1CCCC(C(NC(=O)c2ccccc2)OC)(N2CCOCC2)CC1N. The van der Waals surface area contributed by atoms with Gasteiger partial charge in [-0.3, -0.25) is 9.69 Å². The molecule has 1 saturated heterocycles. The summed E-state index contributed by atoms with van der Waals surface area (Å²) >= 11 is 0. The highest BCUT2D eigenvalue weighted by atomic mass is 32.2. The van der Waals surface area contributed by atoms with Crippen LogP contribution in [-0.2, 0) is 19.3 Å². The number of nitrogens with one attached hydrogen (secondary N) is 1. The molecule has 1 aliphatic heterocycles. The van der Waals surface area contributed by atoms with E-state index < -0.39 is 32.9 Å². The number of nitrogens with zero attached hydrogens (tertiary/aromatic N) is 1. The number of rotatable bonds is 7. The van der Waals surface area contributed by atoms with Crippen molar-refractivity contribution in [1.82, 2.24) is 10.2 Å².